The Balaban J connectivity index is 1.67. The second-order valence-electron chi connectivity index (χ2n) is 5.79. The Kier molecular flexibility index (Phi) is 3.28. The lowest BCUT2D eigenvalue weighted by atomic mass is 10.1. The van der Waals surface area contributed by atoms with E-state index in [9.17, 15) is 0 Å². The molecule has 0 spiro atoms. The summed E-state index contributed by atoms with van der Waals surface area (Å²) in [5.74, 6) is 0. The lowest BCUT2D eigenvalue weighted by Crippen LogP contribution is -2.43. The monoisotopic (exact) mass is 279 g/mol. The number of nitrogens with zero attached hydrogens (tertiary/aromatic N) is 2. The lowest BCUT2D eigenvalue weighted by molar-refractivity contribution is 0.589. The van der Waals surface area contributed by atoms with Crippen LogP contribution < -0.4 is 15.1 Å². The van der Waals surface area contributed by atoms with Gasteiger partial charge in [-0.3, -0.25) is 0 Å². The van der Waals surface area contributed by atoms with Crippen LogP contribution in [0.25, 0.3) is 0 Å². The van der Waals surface area contributed by atoms with Crippen LogP contribution in [0.15, 0.2) is 48.5 Å². The van der Waals surface area contributed by atoms with Gasteiger partial charge in [0.2, 0.25) is 0 Å². The topological polar surface area (TPSA) is 18.5 Å². The van der Waals surface area contributed by atoms with Crippen LogP contribution in [0.5, 0.6) is 0 Å². The van der Waals surface area contributed by atoms with E-state index in [2.05, 4.69) is 63.6 Å². The molecule has 0 bridgehead atoms. The van der Waals surface area contributed by atoms with E-state index in [1.165, 1.54) is 22.6 Å². The maximum atomic E-state index is 3.42. The molecular formula is C18H21N3. The maximum Gasteiger partial charge on any atom is 0.0464 e. The zero-order chi connectivity index (χ0) is 14.1. The minimum absolute atomic E-state index is 1.08. The summed E-state index contributed by atoms with van der Waals surface area (Å²) >= 11 is 0. The van der Waals surface area contributed by atoms with E-state index in [1.54, 1.807) is 0 Å². The number of rotatable bonds is 2. The van der Waals surface area contributed by atoms with Crippen molar-refractivity contribution in [3.63, 3.8) is 0 Å². The minimum atomic E-state index is 1.08. The number of piperazine rings is 1. The van der Waals surface area contributed by atoms with Gasteiger partial charge in [0.05, 0.1) is 0 Å². The smallest absolute Gasteiger partial charge is 0.0464 e. The van der Waals surface area contributed by atoms with Crippen LogP contribution in [0.4, 0.5) is 17.1 Å². The summed E-state index contributed by atoms with van der Waals surface area (Å²) < 4.78 is 0. The van der Waals surface area contributed by atoms with Gasteiger partial charge in [-0.25, -0.2) is 0 Å². The van der Waals surface area contributed by atoms with E-state index in [0.717, 1.165) is 39.1 Å². The molecule has 3 heteroatoms. The summed E-state index contributed by atoms with van der Waals surface area (Å²) in [4.78, 5) is 4.93. The zero-order valence-corrected chi connectivity index (χ0v) is 12.3. The van der Waals surface area contributed by atoms with Gasteiger partial charge in [-0.15, -0.1) is 0 Å². The van der Waals surface area contributed by atoms with Crippen molar-refractivity contribution < 1.29 is 0 Å². The molecule has 21 heavy (non-hydrogen) atoms. The van der Waals surface area contributed by atoms with Gasteiger partial charge in [0.1, 0.15) is 0 Å². The van der Waals surface area contributed by atoms with E-state index in [1.807, 2.05) is 0 Å². The Morgan fingerprint density at radius 3 is 2.43 bits per heavy atom. The fourth-order valence-corrected chi connectivity index (χ4v) is 3.36. The third kappa shape index (κ3) is 2.38. The molecule has 1 N–H and O–H groups in total. The third-order valence-corrected chi connectivity index (χ3v) is 4.51. The molecule has 1 saturated heterocycles. The normalized spacial score (nSPS) is 17.9. The molecular weight excluding hydrogens is 258 g/mol. The first-order valence-corrected chi connectivity index (χ1v) is 7.83. The molecule has 1 fully saturated rings. The highest BCUT2D eigenvalue weighted by atomic mass is 15.2. The van der Waals surface area contributed by atoms with Crippen molar-refractivity contribution in [3.8, 4) is 0 Å². The molecule has 0 aliphatic carbocycles. The number of benzene rings is 2. The Morgan fingerprint density at radius 2 is 1.62 bits per heavy atom. The van der Waals surface area contributed by atoms with Gasteiger partial charge in [-0.05, 0) is 36.2 Å². The molecule has 0 atom stereocenters. The number of para-hydroxylation sites is 1. The Labute approximate surface area is 126 Å². The molecule has 2 aromatic carbocycles. The van der Waals surface area contributed by atoms with Crippen LogP contribution in [0.1, 0.15) is 5.56 Å². The molecule has 0 saturated carbocycles. The summed E-state index contributed by atoms with van der Waals surface area (Å²) in [6.45, 7) is 5.46. The van der Waals surface area contributed by atoms with Crippen LogP contribution >= 0.6 is 0 Å². The lowest BCUT2D eigenvalue weighted by Gasteiger charge is -2.30. The first-order valence-electron chi connectivity index (χ1n) is 7.83. The largest absolute Gasteiger partial charge is 0.369 e. The average molecular weight is 279 g/mol. The summed E-state index contributed by atoms with van der Waals surface area (Å²) in [6.07, 6.45) is 1.14. The number of nitrogens with one attached hydrogen (secondary N) is 1. The molecule has 2 aliphatic rings. The molecule has 0 unspecified atom stereocenters. The van der Waals surface area contributed by atoms with Crippen LogP contribution in [0.3, 0.4) is 0 Å². The van der Waals surface area contributed by atoms with Gasteiger partial charge in [-0.1, -0.05) is 24.3 Å². The number of anilines is 3. The van der Waals surface area contributed by atoms with Gasteiger partial charge >= 0.3 is 0 Å². The van der Waals surface area contributed by atoms with E-state index in [4.69, 9.17) is 0 Å². The molecule has 4 rings (SSSR count). The van der Waals surface area contributed by atoms with Crippen molar-refractivity contribution in [2.45, 2.75) is 6.42 Å². The number of hydrogen-bond acceptors (Lipinski definition) is 3. The highest BCUT2D eigenvalue weighted by molar-refractivity contribution is 5.73. The van der Waals surface area contributed by atoms with Gasteiger partial charge in [-0.2, -0.15) is 0 Å². The maximum absolute atomic E-state index is 3.42. The molecule has 0 radical (unpaired) electrons. The van der Waals surface area contributed by atoms with Gasteiger partial charge in [0, 0.05) is 49.8 Å². The molecule has 0 amide bonds. The predicted octanol–water partition coefficient (Wildman–Crippen LogP) is 2.79. The molecule has 2 aliphatic heterocycles. The van der Waals surface area contributed by atoms with Crippen molar-refractivity contribution in [2.75, 3.05) is 42.5 Å². The predicted molar refractivity (Wildman–Crippen MR) is 88.7 cm³/mol. The van der Waals surface area contributed by atoms with E-state index in [-0.39, 0.29) is 0 Å². The molecule has 3 nitrogen and oxygen atoms in total. The van der Waals surface area contributed by atoms with Crippen molar-refractivity contribution in [1.82, 2.24) is 5.32 Å². The summed E-state index contributed by atoms with van der Waals surface area (Å²) in [7, 11) is 0. The highest BCUT2D eigenvalue weighted by Gasteiger charge is 2.22. The standard InChI is InChI=1S/C18H21N3/c1-2-4-16(5-3-1)21-11-8-15-6-7-17(14-18(15)21)20-12-9-19-10-13-20/h1-7,14,19H,8-13H2. The van der Waals surface area contributed by atoms with Gasteiger partial charge < -0.3 is 15.1 Å². The molecule has 2 heterocycles. The summed E-state index contributed by atoms with van der Waals surface area (Å²) in [5, 5.41) is 3.42. The van der Waals surface area contributed by atoms with Crippen LogP contribution in [0, 0.1) is 0 Å². The summed E-state index contributed by atoms with van der Waals surface area (Å²) in [5.41, 5.74) is 5.52. The SMILES string of the molecule is c1ccc(N2CCc3ccc(N4CCNCC4)cc32)cc1. The average Bonchev–Trinajstić information content (AvgIpc) is 2.99. The van der Waals surface area contributed by atoms with Crippen molar-refractivity contribution in [1.29, 1.82) is 0 Å². The zero-order valence-electron chi connectivity index (χ0n) is 12.3. The number of fused-ring (bicyclic) bond motifs is 1. The van der Waals surface area contributed by atoms with Crippen molar-refractivity contribution >= 4 is 17.1 Å². The second-order valence-corrected chi connectivity index (χ2v) is 5.79. The Hall–Kier alpha value is -2.00. The van der Waals surface area contributed by atoms with Crippen molar-refractivity contribution in [3.05, 3.63) is 54.1 Å². The Morgan fingerprint density at radius 1 is 0.810 bits per heavy atom. The van der Waals surface area contributed by atoms with Crippen LogP contribution in [0.2, 0.25) is 0 Å². The van der Waals surface area contributed by atoms with E-state index < -0.39 is 0 Å². The molecule has 108 valence electrons. The van der Waals surface area contributed by atoms with E-state index in [0.29, 0.717) is 0 Å². The second kappa shape index (κ2) is 5.41. The minimum Gasteiger partial charge on any atom is -0.369 e. The van der Waals surface area contributed by atoms with E-state index >= 15 is 0 Å². The molecule has 0 aromatic heterocycles. The summed E-state index contributed by atoms with van der Waals surface area (Å²) in [6, 6.07) is 17.7. The Bertz CT molecular complexity index is 618. The first-order chi connectivity index (χ1) is 10.4. The number of hydrogen-bond donors (Lipinski definition) is 1. The van der Waals surface area contributed by atoms with Crippen molar-refractivity contribution in [2.24, 2.45) is 0 Å². The first kappa shape index (κ1) is 12.7. The molecule has 2 aromatic rings. The quantitative estimate of drug-likeness (QED) is 0.912. The fourth-order valence-electron chi connectivity index (χ4n) is 3.36. The van der Waals surface area contributed by atoms with Gasteiger partial charge in [0.15, 0.2) is 0 Å². The fraction of sp³-hybridized carbons (Fsp3) is 0.333. The highest BCUT2D eigenvalue weighted by Crippen LogP contribution is 2.37. The van der Waals surface area contributed by atoms with Crippen LogP contribution in [-0.4, -0.2) is 32.7 Å². The van der Waals surface area contributed by atoms with Crippen LogP contribution in [-0.2, 0) is 6.42 Å². The van der Waals surface area contributed by atoms with Gasteiger partial charge in [0.25, 0.3) is 0 Å². The third-order valence-electron chi connectivity index (χ3n) is 4.51.